The number of rotatable bonds is 3. The van der Waals surface area contributed by atoms with Crippen LogP contribution in [-0.2, 0) is 14.6 Å². The van der Waals surface area contributed by atoms with Gasteiger partial charge in [0.25, 0.3) is 0 Å². The van der Waals surface area contributed by atoms with Crippen LogP contribution in [-0.4, -0.2) is 37.6 Å². The first-order valence-electron chi connectivity index (χ1n) is 7.42. The molecule has 0 saturated carbocycles. The Kier molecular flexibility index (Phi) is 4.04. The molecule has 1 saturated heterocycles. The summed E-state index contributed by atoms with van der Waals surface area (Å²) in [7, 11) is -3.49. The number of nitrogens with zero attached hydrogens (tertiary/aromatic N) is 1. The molecule has 1 atom stereocenters. The average Bonchev–Trinajstić information content (AvgIpc) is 2.46. The first-order chi connectivity index (χ1) is 10.5. The van der Waals surface area contributed by atoms with Crippen LogP contribution in [0.3, 0.4) is 0 Å². The van der Waals surface area contributed by atoms with Crippen molar-refractivity contribution in [3.8, 4) is 0 Å². The van der Waals surface area contributed by atoms with Gasteiger partial charge in [0.1, 0.15) is 11.1 Å². The van der Waals surface area contributed by atoms with Gasteiger partial charge in [-0.3, -0.25) is 4.79 Å². The monoisotopic (exact) mass is 323 g/mol. The van der Waals surface area contributed by atoms with E-state index in [1.54, 1.807) is 4.90 Å². The second kappa shape index (κ2) is 5.83. The lowest BCUT2D eigenvalue weighted by atomic mass is 9.92. The maximum absolute atomic E-state index is 12.9. The van der Waals surface area contributed by atoms with E-state index >= 15 is 0 Å². The number of hydrogen-bond acceptors (Lipinski definition) is 3. The molecule has 1 aromatic rings. The minimum absolute atomic E-state index is 0.0144. The van der Waals surface area contributed by atoms with E-state index in [9.17, 15) is 17.6 Å². The average molecular weight is 323 g/mol. The van der Waals surface area contributed by atoms with E-state index in [1.165, 1.54) is 12.1 Å². The molecule has 0 bridgehead atoms. The van der Waals surface area contributed by atoms with Crippen molar-refractivity contribution >= 4 is 15.7 Å². The fourth-order valence-corrected chi connectivity index (χ4v) is 4.56. The van der Waals surface area contributed by atoms with E-state index < -0.39 is 20.9 Å². The summed E-state index contributed by atoms with van der Waals surface area (Å²) >= 11 is 0. The molecule has 1 fully saturated rings. The van der Waals surface area contributed by atoms with Crippen LogP contribution in [0, 0.1) is 11.7 Å². The number of carbonyl (C=O) groups is 1. The van der Waals surface area contributed by atoms with E-state index in [0.29, 0.717) is 0 Å². The molecule has 1 aliphatic carbocycles. The first kappa shape index (κ1) is 15.2. The Morgan fingerprint density at radius 2 is 1.82 bits per heavy atom. The molecule has 6 heteroatoms. The number of halogens is 1. The van der Waals surface area contributed by atoms with Crippen LogP contribution < -0.4 is 0 Å². The van der Waals surface area contributed by atoms with Crippen LogP contribution >= 0.6 is 0 Å². The highest BCUT2D eigenvalue weighted by atomic mass is 32.2. The topological polar surface area (TPSA) is 54.5 Å². The summed E-state index contributed by atoms with van der Waals surface area (Å²) in [4.78, 5) is 14.0. The molecule has 4 nitrogen and oxygen atoms in total. The highest BCUT2D eigenvalue weighted by Crippen LogP contribution is 2.28. The number of sulfone groups is 1. The summed E-state index contributed by atoms with van der Waals surface area (Å²) in [6.07, 6.45) is 6.56. The lowest BCUT2D eigenvalue weighted by Gasteiger charge is -2.40. The van der Waals surface area contributed by atoms with Crippen molar-refractivity contribution in [1.29, 1.82) is 0 Å². The Labute approximate surface area is 129 Å². The minimum atomic E-state index is -3.49. The Bertz CT molecular complexity index is 691. The number of allylic oxidation sites excluding steroid dienone is 2. The molecule has 1 aliphatic heterocycles. The summed E-state index contributed by atoms with van der Waals surface area (Å²) in [5.74, 6) is -0.427. The predicted molar refractivity (Wildman–Crippen MR) is 80.4 cm³/mol. The Morgan fingerprint density at radius 3 is 2.41 bits per heavy atom. The third-order valence-electron chi connectivity index (χ3n) is 4.36. The molecule has 0 spiro atoms. The second-order valence-electron chi connectivity index (χ2n) is 5.85. The third-order valence-corrected chi connectivity index (χ3v) is 6.46. The highest BCUT2D eigenvalue weighted by Gasteiger charge is 2.41. The van der Waals surface area contributed by atoms with E-state index in [-0.39, 0.29) is 29.8 Å². The fourth-order valence-electron chi connectivity index (χ4n) is 2.91. The van der Waals surface area contributed by atoms with E-state index in [0.717, 1.165) is 31.4 Å². The molecular weight excluding hydrogens is 305 g/mol. The Hall–Kier alpha value is -1.69. The zero-order valence-corrected chi connectivity index (χ0v) is 12.9. The molecule has 1 heterocycles. The van der Waals surface area contributed by atoms with Gasteiger partial charge >= 0.3 is 0 Å². The van der Waals surface area contributed by atoms with Gasteiger partial charge in [-0.2, -0.15) is 0 Å². The highest BCUT2D eigenvalue weighted by molar-refractivity contribution is 7.92. The van der Waals surface area contributed by atoms with Gasteiger partial charge in [-0.1, -0.05) is 12.2 Å². The minimum Gasteiger partial charge on any atom is -0.340 e. The van der Waals surface area contributed by atoms with Gasteiger partial charge in [0.15, 0.2) is 9.84 Å². The molecule has 22 heavy (non-hydrogen) atoms. The van der Waals surface area contributed by atoms with Gasteiger partial charge in [0.05, 0.1) is 4.90 Å². The standard InChI is InChI=1S/C16H18FNO3S/c17-13-6-8-14(9-7-13)22(20,21)15-10-18(11-15)16(19)12-4-2-1-3-5-12/h1-2,6-9,12,15H,3-5,10-11H2/t12-/m0/s1. The second-order valence-corrected chi connectivity index (χ2v) is 8.07. The molecular formula is C16H18FNO3S. The third kappa shape index (κ3) is 2.79. The van der Waals surface area contributed by atoms with Crippen molar-refractivity contribution in [2.75, 3.05) is 13.1 Å². The normalized spacial score (nSPS) is 22.4. The molecule has 118 valence electrons. The van der Waals surface area contributed by atoms with Crippen molar-refractivity contribution in [3.63, 3.8) is 0 Å². The van der Waals surface area contributed by atoms with E-state index in [1.807, 2.05) is 6.08 Å². The lowest BCUT2D eigenvalue weighted by Crippen LogP contribution is -2.58. The van der Waals surface area contributed by atoms with E-state index in [2.05, 4.69) is 6.08 Å². The van der Waals surface area contributed by atoms with Crippen molar-refractivity contribution in [2.24, 2.45) is 5.92 Å². The van der Waals surface area contributed by atoms with Gasteiger partial charge < -0.3 is 4.90 Å². The van der Waals surface area contributed by atoms with Gasteiger partial charge in [-0.05, 0) is 43.5 Å². The van der Waals surface area contributed by atoms with E-state index in [4.69, 9.17) is 0 Å². The number of benzene rings is 1. The predicted octanol–water partition coefficient (Wildman–Crippen LogP) is 2.17. The molecule has 0 unspecified atom stereocenters. The zero-order valence-electron chi connectivity index (χ0n) is 12.1. The molecule has 0 aromatic heterocycles. The van der Waals surface area contributed by atoms with Crippen LogP contribution in [0.4, 0.5) is 4.39 Å². The lowest BCUT2D eigenvalue weighted by molar-refractivity contribution is -0.139. The van der Waals surface area contributed by atoms with Crippen LogP contribution in [0.25, 0.3) is 0 Å². The van der Waals surface area contributed by atoms with Crippen LogP contribution in [0.15, 0.2) is 41.3 Å². The summed E-state index contributed by atoms with van der Waals surface area (Å²) in [5.41, 5.74) is 0. The van der Waals surface area contributed by atoms with Gasteiger partial charge in [0, 0.05) is 19.0 Å². The quantitative estimate of drug-likeness (QED) is 0.633. The molecule has 1 amide bonds. The Balaban J connectivity index is 1.63. The Morgan fingerprint density at radius 1 is 1.14 bits per heavy atom. The maximum Gasteiger partial charge on any atom is 0.226 e. The molecule has 3 rings (SSSR count). The molecule has 2 aliphatic rings. The first-order valence-corrected chi connectivity index (χ1v) is 8.96. The van der Waals surface area contributed by atoms with Crippen molar-refractivity contribution in [2.45, 2.75) is 29.4 Å². The molecule has 0 radical (unpaired) electrons. The zero-order chi connectivity index (χ0) is 15.7. The van der Waals surface area contributed by atoms with Gasteiger partial charge in [0.2, 0.25) is 5.91 Å². The largest absolute Gasteiger partial charge is 0.340 e. The van der Waals surface area contributed by atoms with Crippen LogP contribution in [0.2, 0.25) is 0 Å². The van der Waals surface area contributed by atoms with Crippen LogP contribution in [0.5, 0.6) is 0 Å². The van der Waals surface area contributed by atoms with Crippen molar-refractivity contribution in [1.82, 2.24) is 4.90 Å². The SMILES string of the molecule is O=C([C@H]1CC=CCC1)N1CC(S(=O)(=O)c2ccc(F)cc2)C1. The van der Waals surface area contributed by atoms with Gasteiger partial charge in [-0.25, -0.2) is 12.8 Å². The summed E-state index contributed by atoms with van der Waals surface area (Å²) in [6.45, 7) is 0.470. The molecule has 0 N–H and O–H groups in total. The smallest absolute Gasteiger partial charge is 0.226 e. The van der Waals surface area contributed by atoms with Gasteiger partial charge in [-0.15, -0.1) is 0 Å². The van der Waals surface area contributed by atoms with Crippen LogP contribution in [0.1, 0.15) is 19.3 Å². The van der Waals surface area contributed by atoms with Crippen molar-refractivity contribution < 1.29 is 17.6 Å². The fraction of sp³-hybridized carbons (Fsp3) is 0.438. The number of likely N-dealkylation sites (tertiary alicyclic amines) is 1. The number of amides is 1. The number of hydrogen-bond donors (Lipinski definition) is 0. The summed E-state index contributed by atoms with van der Waals surface area (Å²) < 4.78 is 37.7. The van der Waals surface area contributed by atoms with Crippen molar-refractivity contribution in [3.05, 3.63) is 42.2 Å². The summed E-state index contributed by atoms with van der Waals surface area (Å²) in [6, 6.07) is 4.84. The summed E-state index contributed by atoms with van der Waals surface area (Å²) in [5, 5.41) is -0.582. The number of carbonyl (C=O) groups excluding carboxylic acids is 1. The molecule has 1 aromatic carbocycles. The maximum atomic E-state index is 12.9.